The molecule has 2 aromatic carbocycles. The van der Waals surface area contributed by atoms with Gasteiger partial charge < -0.3 is 4.74 Å². The molecule has 0 radical (unpaired) electrons. The van der Waals surface area contributed by atoms with Gasteiger partial charge in [0, 0.05) is 24.5 Å². The summed E-state index contributed by atoms with van der Waals surface area (Å²) in [4.78, 5) is 29.4. The van der Waals surface area contributed by atoms with Crippen molar-refractivity contribution in [3.63, 3.8) is 0 Å². The number of rotatable bonds is 7. The SMILES string of the molecule is O=C1C(=Cc2ccc(OCc3cccc([N+](=O)[O-])c3)c(Cl)c2)SC(=S)N1Cc1cccnc1. The molecule has 3 aromatic rings. The Morgan fingerprint density at radius 2 is 2.00 bits per heavy atom. The average molecular weight is 498 g/mol. The molecule has 4 rings (SSSR count). The molecule has 1 aliphatic rings. The second-order valence-corrected chi connectivity index (χ2v) is 9.12. The van der Waals surface area contributed by atoms with E-state index in [9.17, 15) is 14.9 Å². The van der Waals surface area contributed by atoms with Crippen molar-refractivity contribution in [2.45, 2.75) is 13.2 Å². The number of hydrogen-bond acceptors (Lipinski definition) is 7. The highest BCUT2D eigenvalue weighted by Gasteiger charge is 2.32. The molecule has 2 heterocycles. The summed E-state index contributed by atoms with van der Waals surface area (Å²) in [7, 11) is 0. The van der Waals surface area contributed by atoms with E-state index in [1.54, 1.807) is 53.7 Å². The lowest BCUT2D eigenvalue weighted by Crippen LogP contribution is -2.27. The second-order valence-electron chi connectivity index (χ2n) is 7.03. The molecule has 1 saturated heterocycles. The predicted molar refractivity (Wildman–Crippen MR) is 132 cm³/mol. The third-order valence-electron chi connectivity index (χ3n) is 4.71. The van der Waals surface area contributed by atoms with E-state index >= 15 is 0 Å². The molecule has 166 valence electrons. The number of nitrogens with zero attached hydrogens (tertiary/aromatic N) is 3. The number of ether oxygens (including phenoxy) is 1. The van der Waals surface area contributed by atoms with Crippen molar-refractivity contribution in [2.75, 3.05) is 0 Å². The Bertz CT molecular complexity index is 1270. The predicted octanol–water partition coefficient (Wildman–Crippen LogP) is 5.62. The van der Waals surface area contributed by atoms with Crippen molar-refractivity contribution in [1.82, 2.24) is 9.88 Å². The van der Waals surface area contributed by atoms with E-state index in [2.05, 4.69) is 4.98 Å². The Hall–Kier alpha value is -3.27. The first-order chi connectivity index (χ1) is 15.9. The zero-order chi connectivity index (χ0) is 23.4. The van der Waals surface area contributed by atoms with Crippen LogP contribution in [0.3, 0.4) is 0 Å². The summed E-state index contributed by atoms with van der Waals surface area (Å²) in [5, 5.41) is 11.3. The largest absolute Gasteiger partial charge is 0.487 e. The minimum atomic E-state index is -0.454. The van der Waals surface area contributed by atoms with E-state index < -0.39 is 4.92 Å². The van der Waals surface area contributed by atoms with Gasteiger partial charge in [-0.25, -0.2) is 0 Å². The van der Waals surface area contributed by atoms with Gasteiger partial charge in [-0.2, -0.15) is 0 Å². The zero-order valence-corrected chi connectivity index (χ0v) is 19.4. The topological polar surface area (TPSA) is 85.6 Å². The lowest BCUT2D eigenvalue weighted by Gasteiger charge is -2.13. The van der Waals surface area contributed by atoms with Gasteiger partial charge in [0.25, 0.3) is 11.6 Å². The van der Waals surface area contributed by atoms with Gasteiger partial charge in [-0.15, -0.1) is 0 Å². The van der Waals surface area contributed by atoms with Crippen molar-refractivity contribution in [2.24, 2.45) is 0 Å². The first-order valence-corrected chi connectivity index (χ1v) is 11.3. The van der Waals surface area contributed by atoms with Crippen molar-refractivity contribution in [3.8, 4) is 5.75 Å². The van der Waals surface area contributed by atoms with Gasteiger partial charge in [0.05, 0.1) is 21.4 Å². The van der Waals surface area contributed by atoms with Crippen molar-refractivity contribution >= 4 is 57.6 Å². The fraction of sp³-hybridized carbons (Fsp3) is 0.0870. The summed E-state index contributed by atoms with van der Waals surface area (Å²) >= 11 is 13.0. The third-order valence-corrected chi connectivity index (χ3v) is 6.38. The fourth-order valence-corrected chi connectivity index (χ4v) is 4.61. The molecule has 0 atom stereocenters. The molecule has 1 fully saturated rings. The van der Waals surface area contributed by atoms with Crippen molar-refractivity contribution in [3.05, 3.63) is 104 Å². The number of nitro groups is 1. The Kier molecular flexibility index (Phi) is 7.02. The summed E-state index contributed by atoms with van der Waals surface area (Å²) in [6.45, 7) is 0.495. The van der Waals surface area contributed by atoms with Gasteiger partial charge in [-0.3, -0.25) is 24.8 Å². The maximum absolute atomic E-state index is 12.8. The van der Waals surface area contributed by atoms with Crippen molar-refractivity contribution < 1.29 is 14.5 Å². The molecule has 0 spiro atoms. The number of thiocarbonyl (C=S) groups is 1. The number of halogens is 1. The number of non-ortho nitro benzene ring substituents is 1. The summed E-state index contributed by atoms with van der Waals surface area (Å²) in [5.41, 5.74) is 2.27. The highest BCUT2D eigenvalue weighted by Crippen LogP contribution is 2.35. The van der Waals surface area contributed by atoms with Crippen LogP contribution in [0.25, 0.3) is 6.08 Å². The summed E-state index contributed by atoms with van der Waals surface area (Å²) in [6, 6.07) is 15.1. The van der Waals surface area contributed by atoms with Gasteiger partial charge in [0.2, 0.25) is 0 Å². The molecule has 0 unspecified atom stereocenters. The average Bonchev–Trinajstić information content (AvgIpc) is 3.06. The normalized spacial score (nSPS) is 14.7. The minimum Gasteiger partial charge on any atom is -0.487 e. The summed E-state index contributed by atoms with van der Waals surface area (Å²) < 4.78 is 6.21. The van der Waals surface area contributed by atoms with E-state index in [1.165, 1.54) is 23.9 Å². The van der Waals surface area contributed by atoms with Crippen LogP contribution in [0, 0.1) is 10.1 Å². The number of aromatic nitrogens is 1. The first-order valence-electron chi connectivity index (χ1n) is 9.70. The Balaban J connectivity index is 1.44. The Labute approximate surface area is 204 Å². The van der Waals surface area contributed by atoms with Crippen LogP contribution in [0.5, 0.6) is 5.75 Å². The van der Waals surface area contributed by atoms with Gasteiger partial charge in [-0.05, 0) is 41.0 Å². The van der Waals surface area contributed by atoms with Crippen molar-refractivity contribution in [1.29, 1.82) is 0 Å². The van der Waals surface area contributed by atoms with Crippen LogP contribution in [0.2, 0.25) is 5.02 Å². The van der Waals surface area contributed by atoms with Gasteiger partial charge >= 0.3 is 0 Å². The van der Waals surface area contributed by atoms with Crippen LogP contribution >= 0.6 is 35.6 Å². The fourth-order valence-electron chi connectivity index (χ4n) is 3.11. The second kappa shape index (κ2) is 10.1. The van der Waals surface area contributed by atoms with Crippen LogP contribution in [-0.4, -0.2) is 25.0 Å². The van der Waals surface area contributed by atoms with E-state index in [4.69, 9.17) is 28.6 Å². The molecule has 7 nitrogen and oxygen atoms in total. The minimum absolute atomic E-state index is 0.00149. The molecule has 1 amide bonds. The van der Waals surface area contributed by atoms with E-state index in [0.29, 0.717) is 32.1 Å². The smallest absolute Gasteiger partial charge is 0.269 e. The van der Waals surface area contributed by atoms with E-state index in [-0.39, 0.29) is 18.2 Å². The quantitative estimate of drug-likeness (QED) is 0.181. The molecule has 0 bridgehead atoms. The van der Waals surface area contributed by atoms with Crippen LogP contribution in [-0.2, 0) is 17.9 Å². The monoisotopic (exact) mass is 497 g/mol. The molecule has 1 aromatic heterocycles. The standard InChI is InChI=1S/C23H16ClN3O4S2/c24-19-10-15(6-7-20(19)31-14-16-3-1-5-18(9-16)27(29)30)11-21-22(28)26(23(32)33-21)13-17-4-2-8-25-12-17/h1-12H,13-14H2. The molecule has 0 saturated carbocycles. The highest BCUT2D eigenvalue weighted by molar-refractivity contribution is 8.26. The zero-order valence-electron chi connectivity index (χ0n) is 17.0. The molecular formula is C23H16ClN3O4S2. The van der Waals surface area contributed by atoms with Crippen LogP contribution < -0.4 is 4.74 Å². The van der Waals surface area contributed by atoms with E-state index in [0.717, 1.165) is 11.1 Å². The van der Waals surface area contributed by atoms with Gasteiger partial charge in [0.1, 0.15) is 16.7 Å². The first kappa shape index (κ1) is 22.9. The molecule has 0 aliphatic carbocycles. The highest BCUT2D eigenvalue weighted by atomic mass is 35.5. The molecule has 33 heavy (non-hydrogen) atoms. The number of benzene rings is 2. The van der Waals surface area contributed by atoms with Crippen LogP contribution in [0.1, 0.15) is 16.7 Å². The van der Waals surface area contributed by atoms with E-state index in [1.807, 2.05) is 12.1 Å². The Morgan fingerprint density at radius 3 is 2.73 bits per heavy atom. The lowest BCUT2D eigenvalue weighted by atomic mass is 10.2. The van der Waals surface area contributed by atoms with Gasteiger partial charge in [0.15, 0.2) is 0 Å². The maximum atomic E-state index is 12.8. The lowest BCUT2D eigenvalue weighted by molar-refractivity contribution is -0.384. The van der Waals surface area contributed by atoms with Crippen LogP contribution in [0.4, 0.5) is 5.69 Å². The molecule has 0 N–H and O–H groups in total. The maximum Gasteiger partial charge on any atom is 0.269 e. The number of nitro benzene ring substituents is 1. The van der Waals surface area contributed by atoms with Gasteiger partial charge in [-0.1, -0.05) is 59.8 Å². The molecular weight excluding hydrogens is 482 g/mol. The molecule has 10 heteroatoms. The number of carbonyl (C=O) groups is 1. The number of thioether (sulfide) groups is 1. The summed E-state index contributed by atoms with van der Waals surface area (Å²) in [6.07, 6.45) is 5.11. The summed E-state index contributed by atoms with van der Waals surface area (Å²) in [5.74, 6) is 0.264. The third kappa shape index (κ3) is 5.57. The number of amides is 1. The number of carbonyl (C=O) groups excluding carboxylic acids is 1. The van der Waals surface area contributed by atoms with Crippen LogP contribution in [0.15, 0.2) is 71.9 Å². The molecule has 1 aliphatic heterocycles. The Morgan fingerprint density at radius 1 is 1.18 bits per heavy atom. The number of hydrogen-bond donors (Lipinski definition) is 0. The number of pyridine rings is 1.